The van der Waals surface area contributed by atoms with E-state index in [4.69, 9.17) is 17.3 Å². The first-order valence-corrected chi connectivity index (χ1v) is 6.87. The normalized spacial score (nSPS) is 10.4. The van der Waals surface area contributed by atoms with Gasteiger partial charge in [-0.1, -0.05) is 11.6 Å². The van der Waals surface area contributed by atoms with Gasteiger partial charge in [-0.2, -0.15) is 0 Å². The molecule has 0 fully saturated rings. The van der Waals surface area contributed by atoms with Crippen molar-refractivity contribution in [2.75, 3.05) is 11.1 Å². The van der Waals surface area contributed by atoms with E-state index in [1.165, 1.54) is 12.1 Å². The predicted octanol–water partition coefficient (Wildman–Crippen LogP) is 4.38. The standard InChI is InChI=1S/C14H11BrClFN2O/c1-7-4-10(15)13(6-11(7)16)19-14(20)9-5-8(17)2-3-12(9)18/h2-6H,18H2,1H3,(H,19,20). The van der Waals surface area contributed by atoms with Crippen molar-refractivity contribution in [1.82, 2.24) is 0 Å². The Morgan fingerprint density at radius 2 is 2.05 bits per heavy atom. The molecule has 0 saturated carbocycles. The molecule has 1 amide bonds. The van der Waals surface area contributed by atoms with Gasteiger partial charge in [-0.3, -0.25) is 4.79 Å². The van der Waals surface area contributed by atoms with Crippen molar-refractivity contribution in [2.45, 2.75) is 6.92 Å². The number of carbonyl (C=O) groups is 1. The molecule has 0 saturated heterocycles. The third-order valence-corrected chi connectivity index (χ3v) is 3.82. The average Bonchev–Trinajstić information content (AvgIpc) is 2.38. The Balaban J connectivity index is 2.32. The van der Waals surface area contributed by atoms with Crippen LogP contribution in [0, 0.1) is 12.7 Å². The van der Waals surface area contributed by atoms with Gasteiger partial charge in [0.05, 0.1) is 11.3 Å². The molecule has 20 heavy (non-hydrogen) atoms. The van der Waals surface area contributed by atoms with Crippen molar-refractivity contribution >= 4 is 44.8 Å². The number of halogens is 3. The third kappa shape index (κ3) is 3.11. The maximum absolute atomic E-state index is 13.2. The molecule has 0 atom stereocenters. The van der Waals surface area contributed by atoms with Crippen LogP contribution in [0.4, 0.5) is 15.8 Å². The van der Waals surface area contributed by atoms with Gasteiger partial charge in [-0.25, -0.2) is 4.39 Å². The van der Waals surface area contributed by atoms with Gasteiger partial charge in [-0.05, 0) is 58.7 Å². The molecule has 0 heterocycles. The van der Waals surface area contributed by atoms with Crippen LogP contribution < -0.4 is 11.1 Å². The number of nitrogen functional groups attached to an aromatic ring is 1. The molecule has 0 unspecified atom stereocenters. The summed E-state index contributed by atoms with van der Waals surface area (Å²) in [5, 5.41) is 3.17. The molecule has 0 aromatic heterocycles. The van der Waals surface area contributed by atoms with E-state index in [9.17, 15) is 9.18 Å². The Labute approximate surface area is 129 Å². The fraction of sp³-hybridized carbons (Fsp3) is 0.0714. The van der Waals surface area contributed by atoms with Crippen LogP contribution in [0.3, 0.4) is 0 Å². The van der Waals surface area contributed by atoms with Crippen LogP contribution in [-0.4, -0.2) is 5.91 Å². The van der Waals surface area contributed by atoms with Gasteiger partial charge >= 0.3 is 0 Å². The number of benzene rings is 2. The number of carbonyl (C=O) groups excluding carboxylic acids is 1. The fourth-order valence-electron chi connectivity index (χ4n) is 1.66. The van der Waals surface area contributed by atoms with Crippen molar-refractivity contribution in [3.05, 3.63) is 56.8 Å². The minimum Gasteiger partial charge on any atom is -0.398 e. The lowest BCUT2D eigenvalue weighted by Crippen LogP contribution is -2.14. The summed E-state index contributed by atoms with van der Waals surface area (Å²) < 4.78 is 13.9. The van der Waals surface area contributed by atoms with Crippen LogP contribution in [-0.2, 0) is 0 Å². The Morgan fingerprint density at radius 1 is 1.35 bits per heavy atom. The number of nitrogens with one attached hydrogen (secondary N) is 1. The van der Waals surface area contributed by atoms with Crippen molar-refractivity contribution in [1.29, 1.82) is 0 Å². The van der Waals surface area contributed by atoms with E-state index < -0.39 is 11.7 Å². The first-order valence-electron chi connectivity index (χ1n) is 5.70. The summed E-state index contributed by atoms with van der Waals surface area (Å²) in [6.45, 7) is 1.85. The smallest absolute Gasteiger partial charge is 0.257 e. The molecule has 104 valence electrons. The van der Waals surface area contributed by atoms with E-state index in [1.807, 2.05) is 6.92 Å². The lowest BCUT2D eigenvalue weighted by atomic mass is 10.1. The highest BCUT2D eigenvalue weighted by molar-refractivity contribution is 9.10. The summed E-state index contributed by atoms with van der Waals surface area (Å²) in [5.74, 6) is -1.02. The molecule has 0 aliphatic carbocycles. The highest BCUT2D eigenvalue weighted by Gasteiger charge is 2.13. The van der Waals surface area contributed by atoms with Crippen molar-refractivity contribution in [3.63, 3.8) is 0 Å². The van der Waals surface area contributed by atoms with Crippen LogP contribution >= 0.6 is 27.5 Å². The van der Waals surface area contributed by atoms with Gasteiger partial charge in [-0.15, -0.1) is 0 Å². The molecule has 0 aliphatic heterocycles. The van der Waals surface area contributed by atoms with E-state index in [-0.39, 0.29) is 11.3 Å². The molecule has 2 rings (SSSR count). The largest absolute Gasteiger partial charge is 0.398 e. The van der Waals surface area contributed by atoms with Gasteiger partial charge < -0.3 is 11.1 Å². The number of hydrogen-bond donors (Lipinski definition) is 2. The van der Waals surface area contributed by atoms with Gasteiger partial charge in [0, 0.05) is 15.2 Å². The molecular weight excluding hydrogens is 347 g/mol. The maximum atomic E-state index is 13.2. The summed E-state index contributed by atoms with van der Waals surface area (Å²) in [6.07, 6.45) is 0. The molecule has 6 heteroatoms. The molecule has 2 aromatic rings. The van der Waals surface area contributed by atoms with Crippen molar-refractivity contribution in [3.8, 4) is 0 Å². The first kappa shape index (κ1) is 14.8. The molecule has 0 spiro atoms. The van der Waals surface area contributed by atoms with Crippen LogP contribution in [0.2, 0.25) is 5.02 Å². The fourth-order valence-corrected chi connectivity index (χ4v) is 2.38. The second-order valence-corrected chi connectivity index (χ2v) is 5.53. The number of hydrogen-bond acceptors (Lipinski definition) is 2. The van der Waals surface area contributed by atoms with Crippen LogP contribution in [0.1, 0.15) is 15.9 Å². The SMILES string of the molecule is Cc1cc(Br)c(NC(=O)c2cc(F)ccc2N)cc1Cl. The minimum atomic E-state index is -0.523. The third-order valence-electron chi connectivity index (χ3n) is 2.76. The van der Waals surface area contributed by atoms with E-state index in [1.54, 1.807) is 12.1 Å². The molecule has 3 nitrogen and oxygen atoms in total. The zero-order valence-electron chi connectivity index (χ0n) is 10.5. The Hall–Kier alpha value is -1.59. The summed E-state index contributed by atoms with van der Waals surface area (Å²) in [5.41, 5.74) is 7.33. The van der Waals surface area contributed by atoms with Crippen LogP contribution in [0.25, 0.3) is 0 Å². The average molecular weight is 358 g/mol. The zero-order valence-corrected chi connectivity index (χ0v) is 12.8. The molecule has 3 N–H and O–H groups in total. The predicted molar refractivity (Wildman–Crippen MR) is 82.7 cm³/mol. The number of amides is 1. The van der Waals surface area contributed by atoms with Gasteiger partial charge in [0.25, 0.3) is 5.91 Å². The number of aryl methyl sites for hydroxylation is 1. The van der Waals surface area contributed by atoms with E-state index >= 15 is 0 Å². The Morgan fingerprint density at radius 3 is 2.75 bits per heavy atom. The lowest BCUT2D eigenvalue weighted by molar-refractivity contribution is 0.102. The molecule has 0 aliphatic rings. The van der Waals surface area contributed by atoms with Crippen LogP contribution in [0.15, 0.2) is 34.8 Å². The highest BCUT2D eigenvalue weighted by atomic mass is 79.9. The maximum Gasteiger partial charge on any atom is 0.257 e. The van der Waals surface area contributed by atoms with Crippen molar-refractivity contribution in [2.24, 2.45) is 0 Å². The van der Waals surface area contributed by atoms with E-state index in [2.05, 4.69) is 21.2 Å². The Bertz CT molecular complexity index is 691. The number of nitrogens with two attached hydrogens (primary N) is 1. The lowest BCUT2D eigenvalue weighted by Gasteiger charge is -2.11. The van der Waals surface area contributed by atoms with Gasteiger partial charge in [0.2, 0.25) is 0 Å². The summed E-state index contributed by atoms with van der Waals surface area (Å²) in [4.78, 5) is 12.1. The van der Waals surface area contributed by atoms with Crippen molar-refractivity contribution < 1.29 is 9.18 Å². The molecule has 2 aromatic carbocycles. The topological polar surface area (TPSA) is 55.1 Å². The van der Waals surface area contributed by atoms with Gasteiger partial charge in [0.1, 0.15) is 5.82 Å². The summed E-state index contributed by atoms with van der Waals surface area (Å²) in [6, 6.07) is 7.04. The second-order valence-electron chi connectivity index (χ2n) is 4.27. The minimum absolute atomic E-state index is 0.0774. The zero-order chi connectivity index (χ0) is 14.9. The van der Waals surface area contributed by atoms with Crippen LogP contribution in [0.5, 0.6) is 0 Å². The summed E-state index contributed by atoms with van der Waals surface area (Å²) in [7, 11) is 0. The molecular formula is C14H11BrClFN2O. The van der Waals surface area contributed by atoms with E-state index in [0.29, 0.717) is 15.2 Å². The van der Waals surface area contributed by atoms with Gasteiger partial charge in [0.15, 0.2) is 0 Å². The first-order chi connectivity index (χ1) is 9.38. The highest BCUT2D eigenvalue weighted by Crippen LogP contribution is 2.29. The summed E-state index contributed by atoms with van der Waals surface area (Å²) >= 11 is 9.35. The molecule has 0 radical (unpaired) electrons. The molecule has 0 bridgehead atoms. The second kappa shape index (κ2) is 5.81. The number of rotatable bonds is 2. The quantitative estimate of drug-likeness (QED) is 0.783. The number of anilines is 2. The Kier molecular flexibility index (Phi) is 4.30. The monoisotopic (exact) mass is 356 g/mol. The van der Waals surface area contributed by atoms with E-state index in [0.717, 1.165) is 11.6 Å².